The minimum atomic E-state index is -3.56. The highest BCUT2D eigenvalue weighted by molar-refractivity contribution is 7.99. The van der Waals surface area contributed by atoms with Crippen molar-refractivity contribution in [3.05, 3.63) is 59.4 Å². The van der Waals surface area contributed by atoms with E-state index in [0.29, 0.717) is 34.1 Å². The Hall–Kier alpha value is -1.45. The van der Waals surface area contributed by atoms with E-state index in [1.807, 2.05) is 0 Å². The molecule has 8 heteroatoms. The van der Waals surface area contributed by atoms with E-state index in [1.54, 1.807) is 36.4 Å². The maximum atomic E-state index is 14.4. The van der Waals surface area contributed by atoms with Gasteiger partial charge < -0.3 is 9.47 Å². The Kier molecular flexibility index (Phi) is 5.75. The van der Waals surface area contributed by atoms with E-state index in [9.17, 15) is 12.8 Å². The molecule has 2 aromatic carbocycles. The molecule has 0 aromatic heterocycles. The van der Waals surface area contributed by atoms with Crippen molar-refractivity contribution in [1.29, 1.82) is 0 Å². The molecule has 1 heterocycles. The summed E-state index contributed by atoms with van der Waals surface area (Å²) < 4.78 is 52.8. The monoisotopic (exact) mass is 384 g/mol. The van der Waals surface area contributed by atoms with Crippen molar-refractivity contribution in [3.63, 3.8) is 0 Å². The summed E-state index contributed by atoms with van der Waals surface area (Å²) in [5.74, 6) is -0.388. The lowest BCUT2D eigenvalue weighted by Crippen LogP contribution is -2.04. The fraction of sp³-hybridized carbons (Fsp3) is 0.294. The third kappa shape index (κ3) is 4.80. The zero-order valence-electron chi connectivity index (χ0n) is 13.5. The van der Waals surface area contributed by atoms with Crippen LogP contribution in [-0.4, -0.2) is 27.9 Å². The molecule has 0 saturated carbocycles. The average molecular weight is 384 g/mol. The maximum absolute atomic E-state index is 14.4. The molecule has 0 atom stereocenters. The minimum absolute atomic E-state index is 0.109. The van der Waals surface area contributed by atoms with Crippen LogP contribution in [0, 0.1) is 5.82 Å². The summed E-state index contributed by atoms with van der Waals surface area (Å²) in [6.45, 7) is 0.816. The summed E-state index contributed by atoms with van der Waals surface area (Å²) in [4.78, 5) is 1.09. The molecule has 1 saturated heterocycles. The van der Waals surface area contributed by atoms with E-state index >= 15 is 0 Å². The van der Waals surface area contributed by atoms with Crippen molar-refractivity contribution in [2.45, 2.75) is 22.7 Å². The Morgan fingerprint density at radius 3 is 2.60 bits per heavy atom. The van der Waals surface area contributed by atoms with Crippen LogP contribution >= 0.6 is 11.8 Å². The molecule has 25 heavy (non-hydrogen) atoms. The van der Waals surface area contributed by atoms with Gasteiger partial charge in [0.15, 0.2) is 6.29 Å². The lowest BCUT2D eigenvalue weighted by molar-refractivity contribution is -0.0463. The van der Waals surface area contributed by atoms with Gasteiger partial charge in [-0.05, 0) is 17.7 Å². The maximum Gasteiger partial charge on any atom is 0.264 e. The molecule has 0 spiro atoms. The van der Waals surface area contributed by atoms with E-state index in [1.165, 1.54) is 17.8 Å². The number of ether oxygens (including phenoxy) is 2. The number of hydrogen-bond donors (Lipinski definition) is 0. The van der Waals surface area contributed by atoms with E-state index in [4.69, 9.17) is 13.7 Å². The highest BCUT2D eigenvalue weighted by Gasteiger charge is 2.24. The SMILES string of the molecule is CS(=O)(=O)OCc1ccccc1Sc1c(F)cccc1C1OCCO1. The smallest absolute Gasteiger partial charge is 0.264 e. The largest absolute Gasteiger partial charge is 0.346 e. The van der Waals surface area contributed by atoms with Gasteiger partial charge in [0.1, 0.15) is 5.82 Å². The third-order valence-corrected chi connectivity index (χ3v) is 5.29. The minimum Gasteiger partial charge on any atom is -0.346 e. The van der Waals surface area contributed by atoms with Gasteiger partial charge in [0.2, 0.25) is 0 Å². The third-order valence-electron chi connectivity index (χ3n) is 3.49. The molecule has 0 radical (unpaired) electrons. The molecule has 1 fully saturated rings. The van der Waals surface area contributed by atoms with Gasteiger partial charge in [0, 0.05) is 10.5 Å². The Balaban J connectivity index is 1.90. The van der Waals surface area contributed by atoms with Crippen LogP contribution in [0.5, 0.6) is 0 Å². The molecule has 134 valence electrons. The highest BCUT2D eigenvalue weighted by atomic mass is 32.2. The van der Waals surface area contributed by atoms with Crippen LogP contribution in [0.1, 0.15) is 17.4 Å². The normalized spacial score (nSPS) is 15.6. The zero-order valence-corrected chi connectivity index (χ0v) is 15.1. The van der Waals surface area contributed by atoms with Gasteiger partial charge in [0.05, 0.1) is 31.0 Å². The Bertz CT molecular complexity index is 848. The van der Waals surface area contributed by atoms with Crippen LogP contribution in [-0.2, 0) is 30.4 Å². The summed E-state index contributed by atoms with van der Waals surface area (Å²) in [7, 11) is -3.56. The first kappa shape index (κ1) is 18.3. The quantitative estimate of drug-likeness (QED) is 0.711. The lowest BCUT2D eigenvalue weighted by Gasteiger charge is -2.16. The molecule has 3 rings (SSSR count). The van der Waals surface area contributed by atoms with Gasteiger partial charge in [-0.2, -0.15) is 8.42 Å². The molecule has 1 aliphatic rings. The molecule has 0 aliphatic carbocycles. The summed E-state index contributed by atoms with van der Waals surface area (Å²) in [5, 5.41) is 0. The Labute approximate surface area is 150 Å². The number of rotatable bonds is 6. The molecule has 0 amide bonds. The predicted octanol–water partition coefficient (Wildman–Crippen LogP) is 3.50. The van der Waals surface area contributed by atoms with Crippen LogP contribution in [0.25, 0.3) is 0 Å². The van der Waals surface area contributed by atoms with Crippen molar-refractivity contribution in [2.75, 3.05) is 19.5 Å². The lowest BCUT2D eigenvalue weighted by atomic mass is 10.2. The van der Waals surface area contributed by atoms with Gasteiger partial charge in [-0.1, -0.05) is 42.1 Å². The van der Waals surface area contributed by atoms with Crippen LogP contribution < -0.4 is 0 Å². The number of benzene rings is 2. The summed E-state index contributed by atoms with van der Waals surface area (Å²) in [6.07, 6.45) is 0.393. The molecule has 5 nitrogen and oxygen atoms in total. The first-order valence-electron chi connectivity index (χ1n) is 7.56. The second kappa shape index (κ2) is 7.84. The van der Waals surface area contributed by atoms with Gasteiger partial charge in [0.25, 0.3) is 10.1 Å². The van der Waals surface area contributed by atoms with Gasteiger partial charge in [-0.3, -0.25) is 4.18 Å². The van der Waals surface area contributed by atoms with Gasteiger partial charge >= 0.3 is 0 Å². The summed E-state index contributed by atoms with van der Waals surface area (Å²) in [5.41, 5.74) is 1.27. The van der Waals surface area contributed by atoms with Crippen LogP contribution in [0.4, 0.5) is 4.39 Å². The van der Waals surface area contributed by atoms with Crippen LogP contribution in [0.3, 0.4) is 0 Å². The summed E-state index contributed by atoms with van der Waals surface area (Å²) in [6, 6.07) is 11.9. The molecule has 2 aromatic rings. The average Bonchev–Trinajstić information content (AvgIpc) is 3.09. The van der Waals surface area contributed by atoms with Gasteiger partial charge in [-0.25, -0.2) is 4.39 Å². The fourth-order valence-electron chi connectivity index (χ4n) is 2.36. The molecule has 0 bridgehead atoms. The first-order valence-corrected chi connectivity index (χ1v) is 10.2. The fourth-order valence-corrected chi connectivity index (χ4v) is 3.77. The molecular formula is C17H17FO5S2. The summed E-state index contributed by atoms with van der Waals surface area (Å²) >= 11 is 1.20. The topological polar surface area (TPSA) is 61.8 Å². The van der Waals surface area contributed by atoms with E-state index in [-0.39, 0.29) is 12.4 Å². The van der Waals surface area contributed by atoms with Crippen LogP contribution in [0.2, 0.25) is 0 Å². The number of halogens is 1. The van der Waals surface area contributed by atoms with E-state index in [2.05, 4.69) is 0 Å². The molecule has 0 unspecified atom stereocenters. The first-order chi connectivity index (χ1) is 11.9. The molecular weight excluding hydrogens is 367 g/mol. The second-order valence-corrected chi connectivity index (χ2v) is 8.10. The van der Waals surface area contributed by atoms with Gasteiger partial charge in [-0.15, -0.1) is 0 Å². The van der Waals surface area contributed by atoms with Crippen molar-refractivity contribution in [1.82, 2.24) is 0 Å². The molecule has 0 N–H and O–H groups in total. The Morgan fingerprint density at radius 1 is 1.16 bits per heavy atom. The predicted molar refractivity (Wildman–Crippen MR) is 91.2 cm³/mol. The van der Waals surface area contributed by atoms with E-state index < -0.39 is 16.4 Å². The van der Waals surface area contributed by atoms with Crippen molar-refractivity contribution in [3.8, 4) is 0 Å². The molecule has 1 aliphatic heterocycles. The zero-order chi connectivity index (χ0) is 17.9. The van der Waals surface area contributed by atoms with E-state index in [0.717, 1.165) is 6.26 Å². The standard InChI is InChI=1S/C17H17FO5S2/c1-25(19,20)23-11-12-5-2-3-8-15(12)24-16-13(6-4-7-14(16)18)17-21-9-10-22-17/h2-8,17H,9-11H2,1H3. The second-order valence-electron chi connectivity index (χ2n) is 5.41. The highest BCUT2D eigenvalue weighted by Crippen LogP contribution is 2.39. The van der Waals surface area contributed by atoms with Crippen molar-refractivity contribution < 1.29 is 26.5 Å². The van der Waals surface area contributed by atoms with Crippen LogP contribution in [0.15, 0.2) is 52.3 Å². The van der Waals surface area contributed by atoms with Crippen molar-refractivity contribution >= 4 is 21.9 Å². The van der Waals surface area contributed by atoms with Crippen molar-refractivity contribution in [2.24, 2.45) is 0 Å². The number of hydrogen-bond acceptors (Lipinski definition) is 6. The Morgan fingerprint density at radius 2 is 1.88 bits per heavy atom.